The molecular weight excluding hydrogens is 272 g/mol. The number of hydrogen-bond acceptors (Lipinski definition) is 5. The van der Waals surface area contributed by atoms with Gasteiger partial charge in [0, 0.05) is 18.3 Å². The molecule has 6 nitrogen and oxygen atoms in total. The highest BCUT2D eigenvalue weighted by molar-refractivity contribution is 5.83. The minimum Gasteiger partial charge on any atom is -0.493 e. The molecular formula is C15H14N2O4. The molecule has 108 valence electrons. The quantitative estimate of drug-likeness (QED) is 0.480. The van der Waals surface area contributed by atoms with Gasteiger partial charge in [0.05, 0.1) is 24.8 Å². The molecule has 6 heteroatoms. The van der Waals surface area contributed by atoms with E-state index in [-0.39, 0.29) is 5.69 Å². The molecule has 0 saturated heterocycles. The Labute approximate surface area is 121 Å². The summed E-state index contributed by atoms with van der Waals surface area (Å²) < 4.78 is 10.4. The molecule has 0 aromatic heterocycles. The van der Waals surface area contributed by atoms with E-state index in [0.717, 1.165) is 5.56 Å². The lowest BCUT2D eigenvalue weighted by Crippen LogP contribution is -1.92. The molecule has 0 bridgehead atoms. The lowest BCUT2D eigenvalue weighted by molar-refractivity contribution is -0.384. The van der Waals surface area contributed by atoms with Gasteiger partial charge in [-0.05, 0) is 35.9 Å². The van der Waals surface area contributed by atoms with Crippen molar-refractivity contribution < 1.29 is 14.4 Å². The summed E-state index contributed by atoms with van der Waals surface area (Å²) in [5.74, 6) is 1.26. The Morgan fingerprint density at radius 2 is 1.71 bits per heavy atom. The van der Waals surface area contributed by atoms with Crippen LogP contribution in [-0.4, -0.2) is 25.4 Å². The van der Waals surface area contributed by atoms with E-state index in [1.807, 2.05) is 6.07 Å². The van der Waals surface area contributed by atoms with Crippen molar-refractivity contribution in [2.45, 2.75) is 0 Å². The largest absolute Gasteiger partial charge is 0.493 e. The number of benzene rings is 2. The van der Waals surface area contributed by atoms with Crippen LogP contribution in [0.25, 0.3) is 0 Å². The number of nitro groups is 1. The van der Waals surface area contributed by atoms with Crippen LogP contribution in [0.3, 0.4) is 0 Å². The molecule has 0 aliphatic rings. The van der Waals surface area contributed by atoms with Gasteiger partial charge in [-0.25, -0.2) is 0 Å². The summed E-state index contributed by atoms with van der Waals surface area (Å²) in [6, 6.07) is 11.5. The zero-order valence-electron chi connectivity index (χ0n) is 11.6. The zero-order valence-corrected chi connectivity index (χ0v) is 11.6. The van der Waals surface area contributed by atoms with E-state index in [4.69, 9.17) is 9.47 Å². The Morgan fingerprint density at radius 3 is 2.29 bits per heavy atom. The SMILES string of the molecule is COc1ccc(C=Nc2ccc([N+](=O)[O-])cc2)cc1OC. The van der Waals surface area contributed by atoms with Crippen LogP contribution < -0.4 is 9.47 Å². The predicted molar refractivity (Wildman–Crippen MR) is 79.9 cm³/mol. The second-order valence-corrected chi connectivity index (χ2v) is 4.15. The van der Waals surface area contributed by atoms with Crippen molar-refractivity contribution in [1.29, 1.82) is 0 Å². The Bertz CT molecular complexity index is 666. The van der Waals surface area contributed by atoms with Crippen molar-refractivity contribution in [3.05, 3.63) is 58.1 Å². The lowest BCUT2D eigenvalue weighted by Gasteiger charge is -2.07. The Morgan fingerprint density at radius 1 is 1.05 bits per heavy atom. The molecule has 0 atom stereocenters. The molecule has 0 N–H and O–H groups in total. The van der Waals surface area contributed by atoms with Gasteiger partial charge in [-0.1, -0.05) is 0 Å². The summed E-state index contributed by atoms with van der Waals surface area (Å²) in [4.78, 5) is 14.4. The maximum atomic E-state index is 10.6. The molecule has 2 aromatic rings. The number of rotatable bonds is 5. The van der Waals surface area contributed by atoms with Gasteiger partial charge in [-0.2, -0.15) is 0 Å². The standard InChI is InChI=1S/C15H14N2O4/c1-20-14-8-3-11(9-15(14)21-2)10-16-12-4-6-13(7-5-12)17(18)19/h3-10H,1-2H3. The molecule has 0 unspecified atom stereocenters. The normalized spacial score (nSPS) is 10.6. The van der Waals surface area contributed by atoms with Gasteiger partial charge in [-0.3, -0.25) is 15.1 Å². The van der Waals surface area contributed by atoms with Crippen LogP contribution in [0.15, 0.2) is 47.5 Å². The van der Waals surface area contributed by atoms with Gasteiger partial charge in [0.25, 0.3) is 5.69 Å². The van der Waals surface area contributed by atoms with Crippen LogP contribution in [0, 0.1) is 10.1 Å². The summed E-state index contributed by atoms with van der Waals surface area (Å²) in [5, 5.41) is 10.6. The van der Waals surface area contributed by atoms with Gasteiger partial charge >= 0.3 is 0 Å². The summed E-state index contributed by atoms with van der Waals surface area (Å²) in [6.07, 6.45) is 1.66. The van der Waals surface area contributed by atoms with Crippen molar-refractivity contribution in [3.8, 4) is 11.5 Å². The van der Waals surface area contributed by atoms with E-state index in [1.165, 1.54) is 12.1 Å². The highest BCUT2D eigenvalue weighted by Gasteiger charge is 2.04. The van der Waals surface area contributed by atoms with Crippen LogP contribution in [0.2, 0.25) is 0 Å². The smallest absolute Gasteiger partial charge is 0.269 e. The van der Waals surface area contributed by atoms with Crippen molar-refractivity contribution in [2.75, 3.05) is 14.2 Å². The summed E-state index contributed by atoms with van der Waals surface area (Å²) in [6.45, 7) is 0. The Kier molecular flexibility index (Phi) is 4.50. The van der Waals surface area contributed by atoms with E-state index >= 15 is 0 Å². The van der Waals surface area contributed by atoms with E-state index in [9.17, 15) is 10.1 Å². The van der Waals surface area contributed by atoms with E-state index in [0.29, 0.717) is 17.2 Å². The topological polar surface area (TPSA) is 74.0 Å². The number of non-ortho nitro benzene ring substituents is 1. The maximum absolute atomic E-state index is 10.6. The molecule has 2 aromatic carbocycles. The predicted octanol–water partition coefficient (Wildman–Crippen LogP) is 3.36. The summed E-state index contributed by atoms with van der Waals surface area (Å²) in [5.41, 5.74) is 1.52. The average molecular weight is 286 g/mol. The second-order valence-electron chi connectivity index (χ2n) is 4.15. The van der Waals surface area contributed by atoms with Gasteiger partial charge < -0.3 is 9.47 Å². The van der Waals surface area contributed by atoms with Gasteiger partial charge in [-0.15, -0.1) is 0 Å². The third-order valence-corrected chi connectivity index (χ3v) is 2.83. The molecule has 2 rings (SSSR count). The fourth-order valence-corrected chi connectivity index (χ4v) is 1.74. The Balaban J connectivity index is 2.18. The average Bonchev–Trinajstić information content (AvgIpc) is 2.52. The fourth-order valence-electron chi connectivity index (χ4n) is 1.74. The summed E-state index contributed by atoms with van der Waals surface area (Å²) >= 11 is 0. The van der Waals surface area contributed by atoms with Crippen LogP contribution in [0.4, 0.5) is 11.4 Å². The van der Waals surface area contributed by atoms with Crippen LogP contribution >= 0.6 is 0 Å². The van der Waals surface area contributed by atoms with E-state index in [2.05, 4.69) is 4.99 Å². The third kappa shape index (κ3) is 3.56. The van der Waals surface area contributed by atoms with Crippen LogP contribution in [0.1, 0.15) is 5.56 Å². The molecule has 0 radical (unpaired) electrons. The molecule has 0 aliphatic carbocycles. The zero-order chi connectivity index (χ0) is 15.2. The molecule has 0 fully saturated rings. The van der Waals surface area contributed by atoms with Crippen molar-refractivity contribution >= 4 is 17.6 Å². The molecule has 0 spiro atoms. The highest BCUT2D eigenvalue weighted by Crippen LogP contribution is 2.27. The number of methoxy groups -OCH3 is 2. The molecule has 0 aliphatic heterocycles. The minimum atomic E-state index is -0.443. The highest BCUT2D eigenvalue weighted by atomic mass is 16.6. The monoisotopic (exact) mass is 286 g/mol. The van der Waals surface area contributed by atoms with Crippen molar-refractivity contribution in [1.82, 2.24) is 0 Å². The van der Waals surface area contributed by atoms with Crippen LogP contribution in [0.5, 0.6) is 11.5 Å². The van der Waals surface area contributed by atoms with Gasteiger partial charge in [0.15, 0.2) is 11.5 Å². The second kappa shape index (κ2) is 6.51. The summed E-state index contributed by atoms with van der Waals surface area (Å²) in [7, 11) is 3.14. The number of nitrogens with zero attached hydrogens (tertiary/aromatic N) is 2. The first kappa shape index (κ1) is 14.5. The lowest BCUT2D eigenvalue weighted by atomic mass is 10.2. The first-order valence-corrected chi connectivity index (χ1v) is 6.14. The Hall–Kier alpha value is -2.89. The van der Waals surface area contributed by atoms with Gasteiger partial charge in [0.2, 0.25) is 0 Å². The number of hydrogen-bond donors (Lipinski definition) is 0. The van der Waals surface area contributed by atoms with Crippen molar-refractivity contribution in [2.24, 2.45) is 4.99 Å². The molecule has 0 heterocycles. The van der Waals surface area contributed by atoms with Gasteiger partial charge in [0.1, 0.15) is 0 Å². The molecule has 0 saturated carbocycles. The van der Waals surface area contributed by atoms with E-state index < -0.39 is 4.92 Å². The van der Waals surface area contributed by atoms with Crippen molar-refractivity contribution in [3.63, 3.8) is 0 Å². The fraction of sp³-hybridized carbons (Fsp3) is 0.133. The van der Waals surface area contributed by atoms with E-state index in [1.54, 1.807) is 44.7 Å². The third-order valence-electron chi connectivity index (χ3n) is 2.83. The van der Waals surface area contributed by atoms with Crippen LogP contribution in [-0.2, 0) is 0 Å². The minimum absolute atomic E-state index is 0.0417. The number of aliphatic imine (C=N–C) groups is 1. The number of ether oxygens (including phenoxy) is 2. The number of nitro benzene ring substituents is 1. The molecule has 21 heavy (non-hydrogen) atoms. The maximum Gasteiger partial charge on any atom is 0.269 e. The first-order valence-electron chi connectivity index (χ1n) is 6.14. The first-order chi connectivity index (χ1) is 10.1. The molecule has 0 amide bonds.